The summed E-state index contributed by atoms with van der Waals surface area (Å²) in [7, 11) is 1.63. The first-order chi connectivity index (χ1) is 12.5. The quantitative estimate of drug-likeness (QED) is 0.711. The summed E-state index contributed by atoms with van der Waals surface area (Å²) in [5, 5.41) is 8.88. The lowest BCUT2D eigenvalue weighted by molar-refractivity contribution is -0.119. The Bertz CT molecular complexity index is 964. The monoisotopic (exact) mass is 352 g/mol. The van der Waals surface area contributed by atoms with Crippen LogP contribution in [0.2, 0.25) is 0 Å². The maximum absolute atomic E-state index is 12.5. The molecule has 0 unspecified atom stereocenters. The van der Waals surface area contributed by atoms with Gasteiger partial charge >= 0.3 is 0 Å². The molecule has 0 fully saturated rings. The lowest BCUT2D eigenvalue weighted by Crippen LogP contribution is -2.19. The Kier molecular flexibility index (Phi) is 4.88. The van der Waals surface area contributed by atoms with Crippen LogP contribution in [0.15, 0.2) is 48.8 Å². The highest BCUT2D eigenvalue weighted by Gasteiger charge is 2.16. The molecule has 1 heterocycles. The average molecular weight is 352 g/mol. The summed E-state index contributed by atoms with van der Waals surface area (Å²) >= 11 is 0. The van der Waals surface area contributed by atoms with E-state index in [1.807, 2.05) is 43.3 Å². The van der Waals surface area contributed by atoms with E-state index in [0.717, 1.165) is 22.1 Å². The second-order valence-electron chi connectivity index (χ2n) is 6.08. The van der Waals surface area contributed by atoms with Crippen LogP contribution in [0.25, 0.3) is 10.8 Å². The van der Waals surface area contributed by atoms with Crippen LogP contribution in [0.5, 0.6) is 5.75 Å². The number of nitrogens with two attached hydrogens (primary N) is 1. The van der Waals surface area contributed by atoms with Gasteiger partial charge in [-0.2, -0.15) is 5.10 Å². The number of hydrogen-bond acceptors (Lipinski definition) is 4. The Labute approximate surface area is 150 Å². The van der Waals surface area contributed by atoms with Gasteiger partial charge in [0, 0.05) is 6.20 Å². The number of carbonyl (C=O) groups excluding carboxylic acids is 2. The standard InChI is InChI=1S/C19H20N4O3/c1-12(19(25)22-16-9-21-23(10-16)11-18(20)24)13-3-4-15-8-17(26-2)6-5-14(15)7-13/h3-10,12H,11H2,1-2H3,(H2,20,24)(H,22,25)/t12-/m0/s1. The van der Waals surface area contributed by atoms with E-state index in [9.17, 15) is 9.59 Å². The summed E-state index contributed by atoms with van der Waals surface area (Å²) in [5.74, 6) is -0.200. The van der Waals surface area contributed by atoms with E-state index in [4.69, 9.17) is 10.5 Å². The van der Waals surface area contributed by atoms with Crippen molar-refractivity contribution in [2.75, 3.05) is 12.4 Å². The molecule has 2 aromatic carbocycles. The molecule has 1 atom stereocenters. The van der Waals surface area contributed by atoms with Crippen molar-refractivity contribution in [3.63, 3.8) is 0 Å². The first-order valence-corrected chi connectivity index (χ1v) is 8.15. The molecule has 0 saturated carbocycles. The summed E-state index contributed by atoms with van der Waals surface area (Å²) < 4.78 is 6.61. The topological polar surface area (TPSA) is 99.2 Å². The van der Waals surface area contributed by atoms with Crippen molar-refractivity contribution in [1.29, 1.82) is 0 Å². The summed E-state index contributed by atoms with van der Waals surface area (Å²) in [4.78, 5) is 23.4. The highest BCUT2D eigenvalue weighted by Crippen LogP contribution is 2.25. The van der Waals surface area contributed by atoms with Gasteiger partial charge in [0.1, 0.15) is 12.3 Å². The second-order valence-corrected chi connectivity index (χ2v) is 6.08. The van der Waals surface area contributed by atoms with E-state index < -0.39 is 5.91 Å². The molecule has 3 rings (SSSR count). The molecule has 0 saturated heterocycles. The zero-order valence-corrected chi connectivity index (χ0v) is 14.6. The Morgan fingerprint density at radius 3 is 2.69 bits per heavy atom. The third-order valence-corrected chi connectivity index (χ3v) is 4.18. The van der Waals surface area contributed by atoms with Gasteiger partial charge in [0.2, 0.25) is 11.8 Å². The van der Waals surface area contributed by atoms with Crippen molar-refractivity contribution in [2.24, 2.45) is 5.73 Å². The van der Waals surface area contributed by atoms with Crippen molar-refractivity contribution in [3.05, 3.63) is 54.4 Å². The van der Waals surface area contributed by atoms with E-state index in [-0.39, 0.29) is 18.4 Å². The summed E-state index contributed by atoms with van der Waals surface area (Å²) in [6, 6.07) is 11.7. The molecule has 26 heavy (non-hydrogen) atoms. The van der Waals surface area contributed by atoms with Gasteiger partial charge in [-0.1, -0.05) is 24.3 Å². The van der Waals surface area contributed by atoms with Crippen LogP contribution in [0, 0.1) is 0 Å². The van der Waals surface area contributed by atoms with Gasteiger partial charge in [-0.3, -0.25) is 14.3 Å². The molecule has 0 aliphatic heterocycles. The number of aromatic nitrogens is 2. The molecule has 134 valence electrons. The van der Waals surface area contributed by atoms with Crippen LogP contribution in [0.4, 0.5) is 5.69 Å². The predicted molar refractivity (Wildman–Crippen MR) is 99.0 cm³/mol. The maximum atomic E-state index is 12.5. The van der Waals surface area contributed by atoms with E-state index in [1.54, 1.807) is 13.3 Å². The molecule has 0 bridgehead atoms. The zero-order valence-electron chi connectivity index (χ0n) is 14.6. The molecule has 0 radical (unpaired) electrons. The number of methoxy groups -OCH3 is 1. The van der Waals surface area contributed by atoms with E-state index in [1.165, 1.54) is 10.9 Å². The summed E-state index contributed by atoms with van der Waals surface area (Å²) in [5.41, 5.74) is 6.56. The fourth-order valence-corrected chi connectivity index (χ4v) is 2.71. The molecular formula is C19H20N4O3. The Morgan fingerprint density at radius 1 is 1.23 bits per heavy atom. The van der Waals surface area contributed by atoms with Crippen molar-refractivity contribution in [1.82, 2.24) is 9.78 Å². The third-order valence-electron chi connectivity index (χ3n) is 4.18. The molecule has 0 aliphatic rings. The number of benzene rings is 2. The molecule has 0 spiro atoms. The first-order valence-electron chi connectivity index (χ1n) is 8.15. The number of amides is 2. The van der Waals surface area contributed by atoms with Gasteiger partial charge in [0.15, 0.2) is 0 Å². The Hall–Kier alpha value is -3.35. The predicted octanol–water partition coefficient (Wildman–Crippen LogP) is 2.27. The van der Waals surface area contributed by atoms with Crippen LogP contribution >= 0.6 is 0 Å². The number of ether oxygens (including phenoxy) is 1. The van der Waals surface area contributed by atoms with Crippen molar-refractivity contribution in [2.45, 2.75) is 19.4 Å². The van der Waals surface area contributed by atoms with Crippen LogP contribution in [-0.2, 0) is 16.1 Å². The van der Waals surface area contributed by atoms with Gasteiger partial charge in [-0.25, -0.2) is 0 Å². The van der Waals surface area contributed by atoms with Gasteiger partial charge < -0.3 is 15.8 Å². The molecule has 1 aromatic heterocycles. The minimum Gasteiger partial charge on any atom is -0.497 e. The number of rotatable bonds is 6. The number of hydrogen-bond donors (Lipinski definition) is 2. The smallest absolute Gasteiger partial charge is 0.239 e. The number of nitrogens with zero attached hydrogens (tertiary/aromatic N) is 2. The lowest BCUT2D eigenvalue weighted by Gasteiger charge is -2.13. The number of fused-ring (bicyclic) bond motifs is 1. The lowest BCUT2D eigenvalue weighted by atomic mass is 9.97. The molecule has 7 heteroatoms. The molecule has 2 amide bonds. The maximum Gasteiger partial charge on any atom is 0.239 e. The summed E-state index contributed by atoms with van der Waals surface area (Å²) in [6.45, 7) is 1.81. The Balaban J connectivity index is 1.74. The largest absolute Gasteiger partial charge is 0.497 e. The van der Waals surface area contributed by atoms with Crippen LogP contribution in [0.3, 0.4) is 0 Å². The van der Waals surface area contributed by atoms with E-state index >= 15 is 0 Å². The number of carbonyl (C=O) groups is 2. The highest BCUT2D eigenvalue weighted by molar-refractivity contribution is 5.96. The number of nitrogens with one attached hydrogen (secondary N) is 1. The molecule has 7 nitrogen and oxygen atoms in total. The van der Waals surface area contributed by atoms with E-state index in [0.29, 0.717) is 5.69 Å². The average Bonchev–Trinajstić information content (AvgIpc) is 3.06. The zero-order chi connectivity index (χ0) is 18.7. The van der Waals surface area contributed by atoms with E-state index in [2.05, 4.69) is 10.4 Å². The third kappa shape index (κ3) is 3.83. The van der Waals surface area contributed by atoms with Crippen molar-refractivity contribution >= 4 is 28.3 Å². The minimum absolute atomic E-state index is 0.0282. The second kappa shape index (κ2) is 7.26. The summed E-state index contributed by atoms with van der Waals surface area (Å²) in [6.07, 6.45) is 3.06. The highest BCUT2D eigenvalue weighted by atomic mass is 16.5. The number of primary amides is 1. The van der Waals surface area contributed by atoms with Gasteiger partial charge in [0.05, 0.1) is 24.9 Å². The molecule has 0 aliphatic carbocycles. The first kappa shape index (κ1) is 17.5. The molecule has 3 aromatic rings. The SMILES string of the molecule is COc1ccc2cc([C@H](C)C(=O)Nc3cnn(CC(N)=O)c3)ccc2c1. The van der Waals surface area contributed by atoms with Gasteiger partial charge in [-0.15, -0.1) is 0 Å². The number of anilines is 1. The van der Waals surface area contributed by atoms with Crippen LogP contribution < -0.4 is 15.8 Å². The van der Waals surface area contributed by atoms with Crippen molar-refractivity contribution < 1.29 is 14.3 Å². The molecular weight excluding hydrogens is 332 g/mol. The minimum atomic E-state index is -0.493. The Morgan fingerprint density at radius 2 is 1.96 bits per heavy atom. The van der Waals surface area contributed by atoms with Gasteiger partial charge in [-0.05, 0) is 35.4 Å². The van der Waals surface area contributed by atoms with Crippen molar-refractivity contribution in [3.8, 4) is 5.75 Å². The van der Waals surface area contributed by atoms with Crippen LogP contribution in [-0.4, -0.2) is 28.7 Å². The van der Waals surface area contributed by atoms with Crippen LogP contribution in [0.1, 0.15) is 18.4 Å². The normalized spacial score (nSPS) is 11.9. The van der Waals surface area contributed by atoms with Gasteiger partial charge in [0.25, 0.3) is 0 Å². The molecule has 3 N–H and O–H groups in total. The fraction of sp³-hybridized carbons (Fsp3) is 0.211. The fourth-order valence-electron chi connectivity index (χ4n) is 2.71.